The summed E-state index contributed by atoms with van der Waals surface area (Å²) in [5, 5.41) is 4.90. The van der Waals surface area contributed by atoms with Gasteiger partial charge in [0.25, 0.3) is 14.1 Å². The zero-order valence-electron chi connectivity index (χ0n) is 9.39. The van der Waals surface area contributed by atoms with Gasteiger partial charge in [-0.2, -0.15) is 0 Å². The Balaban J connectivity index is 2.05. The van der Waals surface area contributed by atoms with Gasteiger partial charge < -0.3 is 4.90 Å². The maximum Gasteiger partial charge on any atom is 0.261 e. The second kappa shape index (κ2) is 6.87. The molecule has 1 aliphatic rings. The molecule has 0 atom stereocenters. The van der Waals surface area contributed by atoms with Crippen LogP contribution in [0.4, 0.5) is 0 Å². The second-order valence-corrected chi connectivity index (χ2v) is 8.27. The van der Waals surface area contributed by atoms with Crippen molar-refractivity contribution >= 4 is 14.1 Å². The lowest BCUT2D eigenvalue weighted by atomic mass is 10.2. The fourth-order valence-electron chi connectivity index (χ4n) is 2.35. The van der Waals surface area contributed by atoms with Crippen LogP contribution in [0.25, 0.3) is 0 Å². The van der Waals surface area contributed by atoms with Gasteiger partial charge in [0.2, 0.25) is 0 Å². The van der Waals surface area contributed by atoms with E-state index in [0.717, 1.165) is 0 Å². The van der Waals surface area contributed by atoms with Crippen LogP contribution in [0.5, 0.6) is 0 Å². The van der Waals surface area contributed by atoms with Crippen LogP contribution in [0.2, 0.25) is 15.8 Å². The van der Waals surface area contributed by atoms with Crippen LogP contribution in [0.1, 0.15) is 32.1 Å². The third-order valence-corrected chi connectivity index (χ3v) is 6.87. The van der Waals surface area contributed by atoms with Crippen molar-refractivity contribution in [2.75, 3.05) is 20.6 Å². The predicted octanol–water partition coefficient (Wildman–Crippen LogP) is 3.01. The molecule has 0 aromatic carbocycles. The van der Waals surface area contributed by atoms with E-state index in [9.17, 15) is 0 Å². The number of nitrogens with zero attached hydrogens (tertiary/aromatic N) is 1. The van der Waals surface area contributed by atoms with Crippen molar-refractivity contribution in [2.24, 2.45) is 0 Å². The zero-order valence-corrected chi connectivity index (χ0v) is 10.5. The van der Waals surface area contributed by atoms with Crippen LogP contribution in [-0.4, -0.2) is 39.7 Å². The van der Waals surface area contributed by atoms with E-state index >= 15 is 0 Å². The molecule has 0 unspecified atom stereocenters. The highest BCUT2D eigenvalue weighted by Crippen LogP contribution is 2.21. The van der Waals surface area contributed by atoms with Gasteiger partial charge in [0.1, 0.15) is 0 Å². The molecule has 0 aromatic heterocycles. The standard InChI is InChI=1S/C6H12.C5H12N.Al/c1-3-5-6-4-2;1-4-5-6(2)3;/h1-6H2;1,4-5H2,2-3H3;. The predicted molar refractivity (Wildman–Crippen MR) is 61.8 cm³/mol. The monoisotopic (exact) mass is 197 g/mol. The summed E-state index contributed by atoms with van der Waals surface area (Å²) >= 11 is -0.257. The van der Waals surface area contributed by atoms with Gasteiger partial charge in [-0.05, 0) is 20.6 Å². The van der Waals surface area contributed by atoms with E-state index < -0.39 is 0 Å². The Morgan fingerprint density at radius 2 is 1.62 bits per heavy atom. The maximum absolute atomic E-state index is 2.32. The van der Waals surface area contributed by atoms with Crippen molar-refractivity contribution in [1.82, 2.24) is 4.90 Å². The summed E-state index contributed by atoms with van der Waals surface area (Å²) in [5.74, 6) is 0. The van der Waals surface area contributed by atoms with Crippen molar-refractivity contribution in [3.05, 3.63) is 0 Å². The van der Waals surface area contributed by atoms with Crippen LogP contribution in [-0.2, 0) is 0 Å². The van der Waals surface area contributed by atoms with Crippen molar-refractivity contribution < 1.29 is 0 Å². The molecular weight excluding hydrogens is 173 g/mol. The van der Waals surface area contributed by atoms with Crippen molar-refractivity contribution in [2.45, 2.75) is 48.0 Å². The quantitative estimate of drug-likeness (QED) is 0.626. The lowest BCUT2D eigenvalue weighted by Gasteiger charge is -2.11. The summed E-state index contributed by atoms with van der Waals surface area (Å²) in [6, 6.07) is 0. The molecule has 1 aliphatic heterocycles. The van der Waals surface area contributed by atoms with E-state index in [1.165, 1.54) is 25.8 Å². The van der Waals surface area contributed by atoms with Crippen molar-refractivity contribution in [3.8, 4) is 0 Å². The minimum Gasteiger partial charge on any atom is -0.309 e. The molecule has 2 heteroatoms. The lowest BCUT2D eigenvalue weighted by molar-refractivity contribution is 0.408. The number of rotatable bonds is 4. The van der Waals surface area contributed by atoms with Crippen LogP contribution < -0.4 is 0 Å². The first kappa shape index (κ1) is 11.6. The first-order valence-electron chi connectivity index (χ1n) is 5.94. The SMILES string of the molecule is CN(C)CC[CH2][Al]1[CH2]CCCC[CH2]1. The van der Waals surface area contributed by atoms with Gasteiger partial charge in [-0.1, -0.05) is 48.0 Å². The highest BCUT2D eigenvalue weighted by atomic mass is 27.2. The van der Waals surface area contributed by atoms with Crippen LogP contribution >= 0.6 is 0 Å². The molecule has 0 saturated carbocycles. The van der Waals surface area contributed by atoms with Gasteiger partial charge in [0.15, 0.2) is 0 Å². The minimum absolute atomic E-state index is 0.257. The van der Waals surface area contributed by atoms with Crippen LogP contribution in [0.3, 0.4) is 0 Å². The molecule has 1 nitrogen and oxygen atoms in total. The molecule has 0 amide bonds. The average molecular weight is 197 g/mol. The fourth-order valence-corrected chi connectivity index (χ4v) is 5.71. The molecule has 0 bridgehead atoms. The van der Waals surface area contributed by atoms with Gasteiger partial charge in [0.05, 0.1) is 0 Å². The third-order valence-electron chi connectivity index (χ3n) is 3.19. The van der Waals surface area contributed by atoms with Gasteiger partial charge in [-0.15, -0.1) is 0 Å². The highest BCUT2D eigenvalue weighted by Gasteiger charge is 2.17. The first-order chi connectivity index (χ1) is 6.29. The summed E-state index contributed by atoms with van der Waals surface area (Å²) in [7, 11) is 4.38. The van der Waals surface area contributed by atoms with Gasteiger partial charge >= 0.3 is 0 Å². The second-order valence-electron chi connectivity index (χ2n) is 4.80. The van der Waals surface area contributed by atoms with Crippen LogP contribution in [0.15, 0.2) is 0 Å². The average Bonchev–Trinajstić information content (AvgIpc) is 2.32. The molecule has 1 saturated heterocycles. The minimum atomic E-state index is -0.257. The number of hydrogen-bond donors (Lipinski definition) is 0. The normalized spacial score (nSPS) is 19.2. The zero-order chi connectivity index (χ0) is 9.52. The Morgan fingerprint density at radius 3 is 2.15 bits per heavy atom. The highest BCUT2D eigenvalue weighted by molar-refractivity contribution is 6.58. The lowest BCUT2D eigenvalue weighted by Crippen LogP contribution is -2.17. The van der Waals surface area contributed by atoms with Crippen molar-refractivity contribution in [1.29, 1.82) is 0 Å². The Hall–Kier alpha value is 0.492. The van der Waals surface area contributed by atoms with Gasteiger partial charge in [-0.3, -0.25) is 0 Å². The Bertz CT molecular complexity index is 117. The summed E-state index contributed by atoms with van der Waals surface area (Å²) in [5.41, 5.74) is 0. The first-order valence-corrected chi connectivity index (χ1v) is 8.38. The van der Waals surface area contributed by atoms with Gasteiger partial charge in [0, 0.05) is 0 Å². The molecule has 76 valence electrons. The van der Waals surface area contributed by atoms with E-state index in [1.807, 2.05) is 0 Å². The topological polar surface area (TPSA) is 3.24 Å². The van der Waals surface area contributed by atoms with Crippen molar-refractivity contribution in [3.63, 3.8) is 0 Å². The number of hydrogen-bond acceptors (Lipinski definition) is 1. The Kier molecular flexibility index (Phi) is 6.12. The summed E-state index contributed by atoms with van der Waals surface area (Å²) in [4.78, 5) is 2.32. The molecule has 0 N–H and O–H groups in total. The third kappa shape index (κ3) is 5.73. The fraction of sp³-hybridized carbons (Fsp3) is 1.00. The van der Waals surface area contributed by atoms with E-state index in [-0.39, 0.29) is 14.1 Å². The molecule has 0 aromatic rings. The molecule has 0 radical (unpaired) electrons. The molecule has 1 heterocycles. The summed E-state index contributed by atoms with van der Waals surface area (Å²) in [6.45, 7) is 1.31. The smallest absolute Gasteiger partial charge is 0.261 e. The molecule has 1 rings (SSSR count). The molecule has 13 heavy (non-hydrogen) atoms. The molecule has 0 spiro atoms. The van der Waals surface area contributed by atoms with Crippen LogP contribution in [0, 0.1) is 0 Å². The molecule has 0 aliphatic carbocycles. The Labute approximate surface area is 87.9 Å². The largest absolute Gasteiger partial charge is 0.309 e. The molecular formula is C11H24AlN. The summed E-state index contributed by atoms with van der Waals surface area (Å²) in [6.07, 6.45) is 7.62. The Morgan fingerprint density at radius 1 is 1.00 bits per heavy atom. The maximum atomic E-state index is 2.32. The van der Waals surface area contributed by atoms with E-state index in [4.69, 9.17) is 0 Å². The summed E-state index contributed by atoms with van der Waals surface area (Å²) < 4.78 is 0. The van der Waals surface area contributed by atoms with E-state index in [1.54, 1.807) is 28.7 Å². The van der Waals surface area contributed by atoms with E-state index in [2.05, 4.69) is 19.0 Å². The van der Waals surface area contributed by atoms with Gasteiger partial charge in [-0.25, -0.2) is 0 Å². The molecule has 1 fully saturated rings. The van der Waals surface area contributed by atoms with E-state index in [0.29, 0.717) is 0 Å².